The second kappa shape index (κ2) is 6.34. The zero-order chi connectivity index (χ0) is 15.5. The third kappa shape index (κ3) is 3.66. The average Bonchev–Trinajstić information content (AvgIpc) is 2.44. The van der Waals surface area contributed by atoms with Crippen LogP contribution in [0.5, 0.6) is 5.75 Å². The van der Waals surface area contributed by atoms with Gasteiger partial charge in [-0.15, -0.1) is 0 Å². The van der Waals surface area contributed by atoms with Crippen LogP contribution in [0.25, 0.3) is 0 Å². The van der Waals surface area contributed by atoms with E-state index in [1.54, 1.807) is 18.2 Å². The first kappa shape index (κ1) is 15.6. The number of hydrogen-bond donors (Lipinski definition) is 2. The van der Waals surface area contributed by atoms with Gasteiger partial charge in [-0.05, 0) is 30.5 Å². The second-order valence-electron chi connectivity index (χ2n) is 5.15. The van der Waals surface area contributed by atoms with E-state index in [4.69, 9.17) is 10.5 Å². The smallest absolute Gasteiger partial charge is 0.238 e. The monoisotopic (exact) mass is 312 g/mol. The van der Waals surface area contributed by atoms with Crippen molar-refractivity contribution >= 4 is 21.4 Å². The van der Waals surface area contributed by atoms with Gasteiger partial charge in [-0.3, -0.25) is 4.79 Å². The molecule has 1 aromatic carbocycles. The summed E-state index contributed by atoms with van der Waals surface area (Å²) in [7, 11) is -1.77. The fraction of sp³-hybridized carbons (Fsp3) is 0.500. The SMILES string of the molecule is COc1ccc(CNC(=O)C2CCCCS2(=O)=O)cc1N. The van der Waals surface area contributed by atoms with Crippen molar-refractivity contribution in [3.63, 3.8) is 0 Å². The summed E-state index contributed by atoms with van der Waals surface area (Å²) in [6.45, 7) is 0.249. The van der Waals surface area contributed by atoms with Gasteiger partial charge in [-0.25, -0.2) is 8.42 Å². The van der Waals surface area contributed by atoms with Crippen molar-refractivity contribution in [2.45, 2.75) is 31.1 Å². The third-order valence-corrected chi connectivity index (χ3v) is 5.81. The largest absolute Gasteiger partial charge is 0.495 e. The molecular weight excluding hydrogens is 292 g/mol. The van der Waals surface area contributed by atoms with Crippen molar-refractivity contribution < 1.29 is 17.9 Å². The fourth-order valence-corrected chi connectivity index (χ4v) is 4.27. The van der Waals surface area contributed by atoms with E-state index < -0.39 is 21.0 Å². The van der Waals surface area contributed by atoms with Crippen LogP contribution in [0.15, 0.2) is 18.2 Å². The number of ether oxygens (including phenoxy) is 1. The molecule has 1 aromatic rings. The molecule has 1 aliphatic heterocycles. The van der Waals surface area contributed by atoms with Crippen LogP contribution in [-0.2, 0) is 21.2 Å². The molecule has 0 radical (unpaired) electrons. The van der Waals surface area contributed by atoms with E-state index >= 15 is 0 Å². The lowest BCUT2D eigenvalue weighted by Gasteiger charge is -2.21. The zero-order valence-electron chi connectivity index (χ0n) is 12.0. The van der Waals surface area contributed by atoms with E-state index in [-0.39, 0.29) is 12.3 Å². The normalized spacial score (nSPS) is 20.7. The van der Waals surface area contributed by atoms with E-state index in [2.05, 4.69) is 5.32 Å². The minimum absolute atomic E-state index is 0.0978. The van der Waals surface area contributed by atoms with E-state index in [9.17, 15) is 13.2 Å². The molecule has 1 heterocycles. The van der Waals surface area contributed by atoms with Crippen LogP contribution in [0, 0.1) is 0 Å². The van der Waals surface area contributed by atoms with Crippen molar-refractivity contribution in [1.82, 2.24) is 5.32 Å². The molecule has 6 nitrogen and oxygen atoms in total. The maximum atomic E-state index is 12.0. The molecule has 1 saturated heterocycles. The topological polar surface area (TPSA) is 98.5 Å². The van der Waals surface area contributed by atoms with Gasteiger partial charge in [0, 0.05) is 6.54 Å². The second-order valence-corrected chi connectivity index (χ2v) is 7.45. The van der Waals surface area contributed by atoms with Crippen LogP contribution in [0.3, 0.4) is 0 Å². The molecule has 0 saturated carbocycles. The highest BCUT2D eigenvalue weighted by atomic mass is 32.2. The Morgan fingerprint density at radius 3 is 2.81 bits per heavy atom. The summed E-state index contributed by atoms with van der Waals surface area (Å²) in [6.07, 6.45) is 1.81. The van der Waals surface area contributed by atoms with Gasteiger partial charge in [0.15, 0.2) is 9.84 Å². The Hall–Kier alpha value is -1.76. The van der Waals surface area contributed by atoms with Crippen LogP contribution in [0.1, 0.15) is 24.8 Å². The summed E-state index contributed by atoms with van der Waals surface area (Å²) in [6, 6.07) is 5.20. The molecule has 0 aliphatic carbocycles. The number of amides is 1. The zero-order valence-corrected chi connectivity index (χ0v) is 12.8. The summed E-state index contributed by atoms with van der Waals surface area (Å²) in [4.78, 5) is 12.0. The molecule has 0 bridgehead atoms. The Labute approximate surface area is 124 Å². The molecule has 2 rings (SSSR count). The molecular formula is C14H20N2O4S. The van der Waals surface area contributed by atoms with Crippen LogP contribution < -0.4 is 15.8 Å². The van der Waals surface area contributed by atoms with Gasteiger partial charge in [0.1, 0.15) is 11.0 Å². The quantitative estimate of drug-likeness (QED) is 0.804. The summed E-state index contributed by atoms with van der Waals surface area (Å²) in [5, 5.41) is 1.76. The number of carbonyl (C=O) groups is 1. The van der Waals surface area contributed by atoms with Crippen molar-refractivity contribution in [2.75, 3.05) is 18.6 Å². The molecule has 1 amide bonds. The Morgan fingerprint density at radius 2 is 2.19 bits per heavy atom. The maximum Gasteiger partial charge on any atom is 0.238 e. The molecule has 0 aromatic heterocycles. The number of carbonyl (C=O) groups excluding carboxylic acids is 1. The lowest BCUT2D eigenvalue weighted by atomic mass is 10.1. The number of rotatable bonds is 4. The molecule has 21 heavy (non-hydrogen) atoms. The summed E-state index contributed by atoms with van der Waals surface area (Å²) in [5.74, 6) is 0.240. The van der Waals surface area contributed by atoms with Gasteiger partial charge in [0.05, 0.1) is 18.6 Å². The van der Waals surface area contributed by atoms with E-state index in [1.165, 1.54) is 7.11 Å². The van der Waals surface area contributed by atoms with Crippen LogP contribution in [0.4, 0.5) is 5.69 Å². The first-order valence-electron chi connectivity index (χ1n) is 6.85. The number of sulfone groups is 1. The minimum atomic E-state index is -3.30. The van der Waals surface area contributed by atoms with Crippen LogP contribution in [0.2, 0.25) is 0 Å². The Balaban J connectivity index is 1.99. The molecule has 1 aliphatic rings. The van der Waals surface area contributed by atoms with Gasteiger partial charge in [-0.2, -0.15) is 0 Å². The Kier molecular flexibility index (Phi) is 4.72. The van der Waals surface area contributed by atoms with Crippen LogP contribution >= 0.6 is 0 Å². The summed E-state index contributed by atoms with van der Waals surface area (Å²) >= 11 is 0. The molecule has 116 valence electrons. The summed E-state index contributed by atoms with van der Waals surface area (Å²) in [5.41, 5.74) is 7.07. The number of methoxy groups -OCH3 is 1. The minimum Gasteiger partial charge on any atom is -0.495 e. The molecule has 1 unspecified atom stereocenters. The van der Waals surface area contributed by atoms with Crippen molar-refractivity contribution in [3.8, 4) is 5.75 Å². The molecule has 0 spiro atoms. The highest BCUT2D eigenvalue weighted by molar-refractivity contribution is 7.92. The molecule has 1 atom stereocenters. The number of benzene rings is 1. The lowest BCUT2D eigenvalue weighted by molar-refractivity contribution is -0.121. The van der Waals surface area contributed by atoms with Gasteiger partial charge >= 0.3 is 0 Å². The maximum absolute atomic E-state index is 12.0. The predicted octanol–water partition coefficient (Wildman–Crippen LogP) is 0.861. The highest BCUT2D eigenvalue weighted by Crippen LogP contribution is 2.22. The van der Waals surface area contributed by atoms with Crippen molar-refractivity contribution in [3.05, 3.63) is 23.8 Å². The van der Waals surface area contributed by atoms with Crippen LogP contribution in [-0.4, -0.2) is 32.4 Å². The number of nitrogen functional groups attached to an aromatic ring is 1. The summed E-state index contributed by atoms with van der Waals surface area (Å²) < 4.78 is 28.8. The molecule has 3 N–H and O–H groups in total. The lowest BCUT2D eigenvalue weighted by Crippen LogP contribution is -2.42. The van der Waals surface area contributed by atoms with Gasteiger partial charge in [0.25, 0.3) is 0 Å². The molecule has 1 fully saturated rings. The van der Waals surface area contributed by atoms with Gasteiger partial charge in [0.2, 0.25) is 5.91 Å². The van der Waals surface area contributed by atoms with Gasteiger partial charge < -0.3 is 15.8 Å². The first-order chi connectivity index (χ1) is 9.94. The highest BCUT2D eigenvalue weighted by Gasteiger charge is 2.34. The molecule has 7 heteroatoms. The van der Waals surface area contributed by atoms with Crippen molar-refractivity contribution in [2.24, 2.45) is 0 Å². The fourth-order valence-electron chi connectivity index (χ4n) is 2.45. The van der Waals surface area contributed by atoms with Crippen molar-refractivity contribution in [1.29, 1.82) is 0 Å². The van der Waals surface area contributed by atoms with E-state index in [1.807, 2.05) is 0 Å². The standard InChI is InChI=1S/C14H20N2O4S/c1-20-12-6-5-10(8-11(12)15)9-16-14(17)13-4-2-3-7-21(13,18)19/h5-6,8,13H,2-4,7,9,15H2,1H3,(H,16,17). The van der Waals surface area contributed by atoms with Gasteiger partial charge in [-0.1, -0.05) is 12.5 Å². The van der Waals surface area contributed by atoms with E-state index in [0.29, 0.717) is 24.3 Å². The number of nitrogens with one attached hydrogen (secondary N) is 1. The first-order valence-corrected chi connectivity index (χ1v) is 8.57. The third-order valence-electron chi connectivity index (χ3n) is 3.63. The predicted molar refractivity (Wildman–Crippen MR) is 80.7 cm³/mol. The van der Waals surface area contributed by atoms with E-state index in [0.717, 1.165) is 12.0 Å². The number of anilines is 1. The Bertz CT molecular complexity index is 628. The Morgan fingerprint density at radius 1 is 1.43 bits per heavy atom. The number of hydrogen-bond acceptors (Lipinski definition) is 5. The number of nitrogens with two attached hydrogens (primary N) is 1. The average molecular weight is 312 g/mol.